The topological polar surface area (TPSA) is 54.7 Å². The average molecular weight is 161 g/mol. The maximum absolute atomic E-state index is 5.81. The van der Waals surface area contributed by atoms with Crippen LogP contribution in [0, 0.1) is 13.8 Å². The van der Waals surface area contributed by atoms with Crippen molar-refractivity contribution in [2.45, 2.75) is 13.8 Å². The Balaban J connectivity index is 2.88. The molecule has 62 valence electrons. The maximum atomic E-state index is 5.81. The molecule has 0 amide bonds. The third-order valence-corrected chi connectivity index (χ3v) is 2.02. The number of rotatable bonds is 0. The average Bonchev–Trinajstić information content (AvgIpc) is 2.31. The Kier molecular flexibility index (Phi) is 1.33. The molecule has 3 heteroatoms. The first-order valence-electron chi connectivity index (χ1n) is 3.90. The Morgan fingerprint density at radius 1 is 1.33 bits per heavy atom. The summed E-state index contributed by atoms with van der Waals surface area (Å²) in [6.45, 7) is 3.91. The largest absolute Gasteiger partial charge is 0.396 e. The third-order valence-electron chi connectivity index (χ3n) is 2.02. The van der Waals surface area contributed by atoms with E-state index in [1.54, 1.807) is 0 Å². The van der Waals surface area contributed by atoms with E-state index in [1.165, 1.54) is 0 Å². The monoisotopic (exact) mass is 161 g/mol. The summed E-state index contributed by atoms with van der Waals surface area (Å²) in [6, 6.07) is 3.97. The van der Waals surface area contributed by atoms with Gasteiger partial charge < -0.3 is 10.7 Å². The minimum Gasteiger partial charge on any atom is -0.396 e. The van der Waals surface area contributed by atoms with E-state index in [-0.39, 0.29) is 0 Å². The fourth-order valence-corrected chi connectivity index (χ4v) is 1.31. The van der Waals surface area contributed by atoms with Crippen LogP contribution in [0.2, 0.25) is 0 Å². The van der Waals surface area contributed by atoms with E-state index in [4.69, 9.17) is 5.73 Å². The highest BCUT2D eigenvalue weighted by Crippen LogP contribution is 2.21. The molecule has 0 aromatic carbocycles. The molecule has 3 nitrogen and oxygen atoms in total. The number of aryl methyl sites for hydroxylation is 2. The van der Waals surface area contributed by atoms with Crippen molar-refractivity contribution in [2.24, 2.45) is 0 Å². The lowest BCUT2D eigenvalue weighted by atomic mass is 10.3. The van der Waals surface area contributed by atoms with Crippen LogP contribution in [0.3, 0.4) is 0 Å². The van der Waals surface area contributed by atoms with Gasteiger partial charge in [-0.15, -0.1) is 0 Å². The summed E-state index contributed by atoms with van der Waals surface area (Å²) in [5.74, 6) is 0. The molecule has 2 aromatic heterocycles. The highest BCUT2D eigenvalue weighted by molar-refractivity contribution is 5.89. The standard InChI is InChI=1S/C9H11N3/c1-5-3-4-7-9(11-5)8(10)6(2)12-7/h3-4,12H,10H2,1-2H3. The number of hydrogen-bond acceptors (Lipinski definition) is 2. The number of pyridine rings is 1. The predicted molar refractivity (Wildman–Crippen MR) is 50.0 cm³/mol. The number of aromatic nitrogens is 2. The van der Waals surface area contributed by atoms with Gasteiger partial charge in [0, 0.05) is 11.4 Å². The molecule has 12 heavy (non-hydrogen) atoms. The van der Waals surface area contributed by atoms with Gasteiger partial charge >= 0.3 is 0 Å². The molecule has 2 heterocycles. The van der Waals surface area contributed by atoms with Crippen LogP contribution in [-0.2, 0) is 0 Å². The molecule has 0 saturated carbocycles. The van der Waals surface area contributed by atoms with Crippen LogP contribution in [-0.4, -0.2) is 9.97 Å². The van der Waals surface area contributed by atoms with Crippen molar-refractivity contribution < 1.29 is 0 Å². The molecule has 0 spiro atoms. The van der Waals surface area contributed by atoms with Gasteiger partial charge in [0.1, 0.15) is 5.52 Å². The van der Waals surface area contributed by atoms with Crippen molar-refractivity contribution in [1.29, 1.82) is 0 Å². The van der Waals surface area contributed by atoms with Crippen LogP contribution >= 0.6 is 0 Å². The third kappa shape index (κ3) is 0.863. The van der Waals surface area contributed by atoms with Crippen LogP contribution in [0.5, 0.6) is 0 Å². The Hall–Kier alpha value is -1.51. The number of nitrogens with two attached hydrogens (primary N) is 1. The first-order valence-corrected chi connectivity index (χ1v) is 3.90. The fraction of sp³-hybridized carbons (Fsp3) is 0.222. The second-order valence-corrected chi connectivity index (χ2v) is 3.01. The number of hydrogen-bond donors (Lipinski definition) is 2. The van der Waals surface area contributed by atoms with E-state index in [9.17, 15) is 0 Å². The molecule has 0 fully saturated rings. The van der Waals surface area contributed by atoms with E-state index < -0.39 is 0 Å². The molecule has 0 aliphatic carbocycles. The highest BCUT2D eigenvalue weighted by Gasteiger charge is 2.04. The Morgan fingerprint density at radius 2 is 2.08 bits per heavy atom. The zero-order valence-electron chi connectivity index (χ0n) is 7.18. The molecule has 0 unspecified atom stereocenters. The number of fused-ring (bicyclic) bond motifs is 1. The van der Waals surface area contributed by atoms with E-state index in [1.807, 2.05) is 26.0 Å². The van der Waals surface area contributed by atoms with Crippen molar-refractivity contribution in [3.05, 3.63) is 23.5 Å². The molecule has 0 saturated heterocycles. The van der Waals surface area contributed by atoms with Crippen molar-refractivity contribution in [3.8, 4) is 0 Å². The maximum Gasteiger partial charge on any atom is 0.111 e. The first-order chi connectivity index (χ1) is 5.68. The molecule has 2 rings (SSSR count). The Labute approximate surface area is 70.6 Å². The molecular formula is C9H11N3. The first kappa shape index (κ1) is 7.16. The molecule has 0 radical (unpaired) electrons. The molecule has 0 atom stereocenters. The highest BCUT2D eigenvalue weighted by atomic mass is 14.8. The summed E-state index contributed by atoms with van der Waals surface area (Å²) >= 11 is 0. The number of H-pyrrole nitrogens is 1. The van der Waals surface area contributed by atoms with Crippen molar-refractivity contribution in [1.82, 2.24) is 9.97 Å². The van der Waals surface area contributed by atoms with E-state index in [0.717, 1.165) is 28.1 Å². The van der Waals surface area contributed by atoms with E-state index in [0.29, 0.717) is 0 Å². The SMILES string of the molecule is Cc1ccc2[nH]c(C)c(N)c2n1. The number of nitrogen functional groups attached to an aromatic ring is 1. The van der Waals surface area contributed by atoms with Crippen molar-refractivity contribution in [2.75, 3.05) is 5.73 Å². The van der Waals surface area contributed by atoms with Gasteiger partial charge in [0.05, 0.1) is 11.2 Å². The summed E-state index contributed by atoms with van der Waals surface area (Å²) in [5.41, 5.74) is 10.4. The summed E-state index contributed by atoms with van der Waals surface area (Å²) in [7, 11) is 0. The van der Waals surface area contributed by atoms with Gasteiger partial charge in [0.15, 0.2) is 0 Å². The molecule has 0 aliphatic heterocycles. The van der Waals surface area contributed by atoms with Crippen LogP contribution in [0.1, 0.15) is 11.4 Å². The molecule has 2 aromatic rings. The number of aromatic amines is 1. The van der Waals surface area contributed by atoms with E-state index >= 15 is 0 Å². The van der Waals surface area contributed by atoms with Crippen LogP contribution in [0.4, 0.5) is 5.69 Å². The van der Waals surface area contributed by atoms with Gasteiger partial charge in [0.25, 0.3) is 0 Å². The lowest BCUT2D eigenvalue weighted by Gasteiger charge is -1.92. The smallest absolute Gasteiger partial charge is 0.111 e. The number of nitrogens with zero attached hydrogens (tertiary/aromatic N) is 1. The summed E-state index contributed by atoms with van der Waals surface area (Å²) < 4.78 is 0. The van der Waals surface area contributed by atoms with Gasteiger partial charge in [0.2, 0.25) is 0 Å². The molecule has 0 aliphatic rings. The van der Waals surface area contributed by atoms with Gasteiger partial charge in [-0.25, -0.2) is 4.98 Å². The summed E-state index contributed by atoms with van der Waals surface area (Å²) in [4.78, 5) is 7.51. The number of nitrogens with one attached hydrogen (secondary N) is 1. The zero-order chi connectivity index (χ0) is 8.72. The van der Waals surface area contributed by atoms with Crippen LogP contribution in [0.15, 0.2) is 12.1 Å². The van der Waals surface area contributed by atoms with Crippen LogP contribution in [0.25, 0.3) is 11.0 Å². The normalized spacial score (nSPS) is 10.8. The van der Waals surface area contributed by atoms with E-state index in [2.05, 4.69) is 9.97 Å². The van der Waals surface area contributed by atoms with Gasteiger partial charge in [-0.2, -0.15) is 0 Å². The summed E-state index contributed by atoms with van der Waals surface area (Å²) in [6.07, 6.45) is 0. The zero-order valence-corrected chi connectivity index (χ0v) is 7.18. The van der Waals surface area contributed by atoms with Gasteiger partial charge in [-0.05, 0) is 26.0 Å². The lowest BCUT2D eigenvalue weighted by Crippen LogP contribution is -1.87. The second-order valence-electron chi connectivity index (χ2n) is 3.01. The Bertz CT molecular complexity index is 429. The Morgan fingerprint density at radius 3 is 2.83 bits per heavy atom. The van der Waals surface area contributed by atoms with Crippen molar-refractivity contribution >= 4 is 16.7 Å². The minimum absolute atomic E-state index is 0.758. The number of anilines is 1. The molecular weight excluding hydrogens is 150 g/mol. The lowest BCUT2D eigenvalue weighted by molar-refractivity contribution is 1.25. The quantitative estimate of drug-likeness (QED) is 0.618. The summed E-state index contributed by atoms with van der Waals surface area (Å²) in [5, 5.41) is 0. The fourth-order valence-electron chi connectivity index (χ4n) is 1.31. The van der Waals surface area contributed by atoms with Gasteiger partial charge in [-0.3, -0.25) is 0 Å². The van der Waals surface area contributed by atoms with Crippen LogP contribution < -0.4 is 5.73 Å². The van der Waals surface area contributed by atoms with Gasteiger partial charge in [-0.1, -0.05) is 0 Å². The second kappa shape index (κ2) is 2.24. The minimum atomic E-state index is 0.758. The predicted octanol–water partition coefficient (Wildman–Crippen LogP) is 1.76. The molecule has 0 bridgehead atoms. The van der Waals surface area contributed by atoms with Crippen molar-refractivity contribution in [3.63, 3.8) is 0 Å². The molecule has 3 N–H and O–H groups in total.